The van der Waals surface area contributed by atoms with Crippen LogP contribution in [0.3, 0.4) is 0 Å². The Morgan fingerprint density at radius 3 is 2.49 bits per heavy atom. The largest absolute Gasteiger partial charge is 0.488 e. The van der Waals surface area contributed by atoms with Gasteiger partial charge < -0.3 is 25.4 Å². The first kappa shape index (κ1) is 32.0. The SMILES string of the molecule is C[C@H](CO)N1C[C@H](C)[C@H](CN(C)S(=O)(=O)c2ccccc2)Oc2ccc(NC(=O)Nc3cccc4ccccc34)cc2CC1=O. The molecule has 5 rings (SSSR count). The maximum absolute atomic E-state index is 13.6. The van der Waals surface area contributed by atoms with Gasteiger partial charge in [-0.05, 0) is 48.7 Å². The van der Waals surface area contributed by atoms with Crippen LogP contribution in [0.15, 0.2) is 95.9 Å². The summed E-state index contributed by atoms with van der Waals surface area (Å²) >= 11 is 0. The minimum absolute atomic E-state index is 0.0286. The second kappa shape index (κ2) is 13.7. The van der Waals surface area contributed by atoms with E-state index in [2.05, 4.69) is 10.6 Å². The molecule has 1 aliphatic heterocycles. The van der Waals surface area contributed by atoms with Crippen molar-refractivity contribution in [3.8, 4) is 5.75 Å². The van der Waals surface area contributed by atoms with Gasteiger partial charge >= 0.3 is 6.03 Å². The Morgan fingerprint density at radius 2 is 1.73 bits per heavy atom. The number of hydrogen-bond acceptors (Lipinski definition) is 6. The van der Waals surface area contributed by atoms with Crippen molar-refractivity contribution in [2.75, 3.05) is 37.4 Å². The third kappa shape index (κ3) is 7.28. The molecule has 0 aliphatic carbocycles. The highest BCUT2D eigenvalue weighted by Gasteiger charge is 2.33. The van der Waals surface area contributed by atoms with E-state index in [1.807, 2.05) is 49.4 Å². The van der Waals surface area contributed by atoms with Crippen molar-refractivity contribution >= 4 is 44.1 Å². The van der Waals surface area contributed by atoms with Gasteiger partial charge in [-0.1, -0.05) is 61.5 Å². The molecule has 0 fully saturated rings. The topological polar surface area (TPSA) is 128 Å². The maximum Gasteiger partial charge on any atom is 0.323 e. The first-order valence-electron chi connectivity index (χ1n) is 14.8. The molecule has 1 aliphatic rings. The number of carbonyl (C=O) groups is 2. The molecule has 11 heteroatoms. The van der Waals surface area contributed by atoms with Crippen molar-refractivity contribution in [1.82, 2.24) is 9.21 Å². The first-order valence-corrected chi connectivity index (χ1v) is 16.3. The van der Waals surface area contributed by atoms with Crippen LogP contribution in [-0.4, -0.2) is 73.6 Å². The molecule has 0 saturated carbocycles. The highest BCUT2D eigenvalue weighted by Crippen LogP contribution is 2.30. The summed E-state index contributed by atoms with van der Waals surface area (Å²) < 4.78 is 34.4. The lowest BCUT2D eigenvalue weighted by Gasteiger charge is -2.33. The van der Waals surface area contributed by atoms with Crippen LogP contribution < -0.4 is 15.4 Å². The quantitative estimate of drug-likeness (QED) is 0.253. The van der Waals surface area contributed by atoms with Crippen LogP contribution in [-0.2, 0) is 21.2 Å². The Labute approximate surface area is 263 Å². The van der Waals surface area contributed by atoms with Gasteiger partial charge in [-0.25, -0.2) is 13.2 Å². The Bertz CT molecular complexity index is 1780. The number of amides is 3. The smallest absolute Gasteiger partial charge is 0.323 e. The van der Waals surface area contributed by atoms with Gasteiger partial charge in [0.1, 0.15) is 11.9 Å². The molecule has 3 atom stereocenters. The lowest BCUT2D eigenvalue weighted by atomic mass is 10.0. The van der Waals surface area contributed by atoms with Gasteiger partial charge in [0.25, 0.3) is 0 Å². The van der Waals surface area contributed by atoms with E-state index in [-0.39, 0.29) is 42.8 Å². The normalized spacial score (nSPS) is 17.9. The number of rotatable bonds is 8. The molecule has 4 aromatic rings. The van der Waals surface area contributed by atoms with Crippen molar-refractivity contribution in [3.05, 3.63) is 96.6 Å². The average molecular weight is 631 g/mol. The van der Waals surface area contributed by atoms with Crippen LogP contribution in [0.25, 0.3) is 10.8 Å². The van der Waals surface area contributed by atoms with E-state index < -0.39 is 28.2 Å². The van der Waals surface area contributed by atoms with Crippen molar-refractivity contribution < 1.29 is 27.9 Å². The second-order valence-corrected chi connectivity index (χ2v) is 13.5. The summed E-state index contributed by atoms with van der Waals surface area (Å²) in [7, 11) is -2.29. The summed E-state index contributed by atoms with van der Waals surface area (Å²) in [6.45, 7) is 3.73. The van der Waals surface area contributed by atoms with E-state index in [0.29, 0.717) is 22.7 Å². The standard InChI is InChI=1S/C34H38N4O6S/c1-23-20-38(24(2)22-39)33(40)19-26-18-27(35-34(41)36-30-15-9-11-25-10-7-8-14-29(25)30)16-17-31(26)44-32(23)21-37(3)45(42,43)28-12-5-4-6-13-28/h4-18,23-24,32,39H,19-22H2,1-3H3,(H2,35,36,41)/t23-,24+,32-/m0/s1. The lowest BCUT2D eigenvalue weighted by molar-refractivity contribution is -0.134. The zero-order valence-electron chi connectivity index (χ0n) is 25.5. The minimum atomic E-state index is -3.80. The number of sulfonamides is 1. The zero-order chi connectivity index (χ0) is 32.1. The van der Waals surface area contributed by atoms with E-state index in [1.54, 1.807) is 60.4 Å². The van der Waals surface area contributed by atoms with E-state index in [1.165, 1.54) is 11.4 Å². The number of ether oxygens (including phenoxy) is 1. The predicted octanol–water partition coefficient (Wildman–Crippen LogP) is 4.95. The Balaban J connectivity index is 1.41. The van der Waals surface area contributed by atoms with Gasteiger partial charge in [0.05, 0.1) is 36.2 Å². The molecule has 0 radical (unpaired) electrons. The monoisotopic (exact) mass is 630 g/mol. The summed E-state index contributed by atoms with van der Waals surface area (Å²) in [5.74, 6) is -0.0765. The molecular formula is C34H38N4O6S. The van der Waals surface area contributed by atoms with Crippen LogP contribution >= 0.6 is 0 Å². The van der Waals surface area contributed by atoms with Gasteiger partial charge in [-0.2, -0.15) is 4.31 Å². The fourth-order valence-corrected chi connectivity index (χ4v) is 6.67. The van der Waals surface area contributed by atoms with Gasteiger partial charge in [-0.15, -0.1) is 0 Å². The summed E-state index contributed by atoms with van der Waals surface area (Å²) in [5.41, 5.74) is 1.65. The van der Waals surface area contributed by atoms with Gasteiger partial charge in [0, 0.05) is 36.1 Å². The lowest BCUT2D eigenvalue weighted by Crippen LogP contribution is -2.48. The molecule has 0 bridgehead atoms. The molecule has 0 spiro atoms. The number of urea groups is 1. The molecule has 0 unspecified atom stereocenters. The molecule has 3 amide bonds. The first-order chi connectivity index (χ1) is 21.6. The van der Waals surface area contributed by atoms with E-state index >= 15 is 0 Å². The van der Waals surface area contributed by atoms with Crippen LogP contribution in [0.4, 0.5) is 16.2 Å². The summed E-state index contributed by atoms with van der Waals surface area (Å²) in [6, 6.07) is 25.7. The number of fused-ring (bicyclic) bond motifs is 2. The number of benzene rings is 4. The van der Waals surface area contributed by atoms with Crippen LogP contribution in [0.5, 0.6) is 5.75 Å². The zero-order valence-corrected chi connectivity index (χ0v) is 26.3. The Hall–Kier alpha value is -4.45. The number of aliphatic hydroxyl groups is 1. The summed E-state index contributed by atoms with van der Waals surface area (Å²) in [5, 5.41) is 17.6. The van der Waals surface area contributed by atoms with Crippen LogP contribution in [0, 0.1) is 5.92 Å². The maximum atomic E-state index is 13.6. The predicted molar refractivity (Wildman–Crippen MR) is 175 cm³/mol. The molecule has 4 aromatic carbocycles. The van der Waals surface area contributed by atoms with E-state index in [0.717, 1.165) is 10.8 Å². The van der Waals surface area contributed by atoms with Gasteiger partial charge in [-0.3, -0.25) is 4.79 Å². The summed E-state index contributed by atoms with van der Waals surface area (Å²) in [4.78, 5) is 28.4. The number of nitrogens with zero attached hydrogens (tertiary/aromatic N) is 2. The molecule has 236 valence electrons. The fraction of sp³-hybridized carbons (Fsp3) is 0.294. The summed E-state index contributed by atoms with van der Waals surface area (Å²) in [6.07, 6.45) is -0.655. The molecule has 45 heavy (non-hydrogen) atoms. The molecule has 1 heterocycles. The Morgan fingerprint density at radius 1 is 1.02 bits per heavy atom. The Kier molecular flexibility index (Phi) is 9.71. The molecular weight excluding hydrogens is 592 g/mol. The molecule has 10 nitrogen and oxygen atoms in total. The van der Waals surface area contributed by atoms with Crippen LogP contribution in [0.2, 0.25) is 0 Å². The van der Waals surface area contributed by atoms with E-state index in [4.69, 9.17) is 4.74 Å². The number of likely N-dealkylation sites (N-methyl/N-ethyl adjacent to an activating group) is 1. The number of carbonyl (C=O) groups excluding carboxylic acids is 2. The van der Waals surface area contributed by atoms with Crippen molar-refractivity contribution in [2.45, 2.75) is 37.3 Å². The van der Waals surface area contributed by atoms with E-state index in [9.17, 15) is 23.1 Å². The minimum Gasteiger partial charge on any atom is -0.488 e. The third-order valence-corrected chi connectivity index (χ3v) is 9.94. The fourth-order valence-electron chi connectivity index (χ4n) is 5.47. The number of hydrogen-bond donors (Lipinski definition) is 3. The number of anilines is 2. The molecule has 0 aromatic heterocycles. The third-order valence-electron chi connectivity index (χ3n) is 8.10. The van der Waals surface area contributed by atoms with Gasteiger partial charge in [0.2, 0.25) is 15.9 Å². The number of aliphatic hydroxyl groups excluding tert-OH is 1. The van der Waals surface area contributed by atoms with Crippen molar-refractivity contribution in [1.29, 1.82) is 0 Å². The second-order valence-electron chi connectivity index (χ2n) is 11.4. The average Bonchev–Trinajstić information content (AvgIpc) is 3.08. The van der Waals surface area contributed by atoms with Crippen LogP contribution in [0.1, 0.15) is 19.4 Å². The van der Waals surface area contributed by atoms with Gasteiger partial charge in [0.15, 0.2) is 0 Å². The molecule has 0 saturated heterocycles. The highest BCUT2D eigenvalue weighted by molar-refractivity contribution is 7.89. The van der Waals surface area contributed by atoms with Crippen molar-refractivity contribution in [3.63, 3.8) is 0 Å². The molecule has 3 N–H and O–H groups in total. The number of nitrogens with one attached hydrogen (secondary N) is 2. The highest BCUT2D eigenvalue weighted by atomic mass is 32.2. The van der Waals surface area contributed by atoms with Crippen molar-refractivity contribution in [2.24, 2.45) is 5.92 Å².